The van der Waals surface area contributed by atoms with Gasteiger partial charge in [-0.3, -0.25) is 10.2 Å². The van der Waals surface area contributed by atoms with E-state index >= 15 is 0 Å². The first-order valence-corrected chi connectivity index (χ1v) is 6.58. The number of aromatic nitrogens is 1. The van der Waals surface area contributed by atoms with Crippen molar-refractivity contribution in [1.82, 2.24) is 4.57 Å². The smallest absolute Gasteiger partial charge is 0.252 e. The van der Waals surface area contributed by atoms with Crippen molar-refractivity contribution in [3.63, 3.8) is 0 Å². The van der Waals surface area contributed by atoms with Crippen molar-refractivity contribution in [2.24, 2.45) is 5.73 Å². The van der Waals surface area contributed by atoms with Crippen LogP contribution in [-0.4, -0.2) is 10.5 Å². The van der Waals surface area contributed by atoms with Crippen LogP contribution in [0.2, 0.25) is 5.02 Å². The van der Waals surface area contributed by atoms with E-state index in [9.17, 15) is 4.79 Å². The first kappa shape index (κ1) is 14.8. The summed E-state index contributed by atoms with van der Waals surface area (Å²) in [6.45, 7) is 1.86. The van der Waals surface area contributed by atoms with Crippen LogP contribution in [0.25, 0.3) is 0 Å². The van der Waals surface area contributed by atoms with Crippen LogP contribution in [0.1, 0.15) is 34.5 Å². The minimum Gasteiger partial charge on any atom is -0.365 e. The zero-order chi connectivity index (χ0) is 15.6. The van der Waals surface area contributed by atoms with E-state index in [-0.39, 0.29) is 17.1 Å². The summed E-state index contributed by atoms with van der Waals surface area (Å²) in [6, 6.07) is 10.3. The molecule has 5 nitrogen and oxygen atoms in total. The van der Waals surface area contributed by atoms with Crippen LogP contribution in [0, 0.1) is 16.7 Å². The summed E-state index contributed by atoms with van der Waals surface area (Å²) >= 11 is 5.99. The second-order valence-corrected chi connectivity index (χ2v) is 5.04. The van der Waals surface area contributed by atoms with Gasteiger partial charge in [-0.05, 0) is 30.7 Å². The predicted molar refractivity (Wildman–Crippen MR) is 78.8 cm³/mol. The molecule has 21 heavy (non-hydrogen) atoms. The van der Waals surface area contributed by atoms with E-state index in [0.29, 0.717) is 10.6 Å². The molecule has 6 heteroatoms. The highest BCUT2D eigenvalue weighted by molar-refractivity contribution is 6.30. The lowest BCUT2D eigenvalue weighted by atomic mass is 10.0. The van der Waals surface area contributed by atoms with E-state index in [1.807, 2.05) is 13.0 Å². The molecule has 0 aliphatic heterocycles. The topological polar surface area (TPSA) is 95.7 Å². The molecule has 0 bridgehead atoms. The van der Waals surface area contributed by atoms with E-state index in [1.165, 1.54) is 6.07 Å². The van der Waals surface area contributed by atoms with Crippen LogP contribution in [-0.2, 0) is 0 Å². The standard InChI is InChI=1S/C15H13ClN4O/c1-9(11-4-2-3-10(5-11)7-17)20-8-12(16)6-13(14(20)18)15(19)21/h2-6,8-9,18H,1H3,(H2,19,21). The molecule has 0 spiro atoms. The monoisotopic (exact) mass is 300 g/mol. The molecule has 1 unspecified atom stereocenters. The maximum atomic E-state index is 11.4. The number of benzene rings is 1. The lowest BCUT2D eigenvalue weighted by Crippen LogP contribution is -2.31. The number of halogens is 1. The minimum atomic E-state index is -0.700. The second kappa shape index (κ2) is 5.81. The van der Waals surface area contributed by atoms with Gasteiger partial charge >= 0.3 is 0 Å². The largest absolute Gasteiger partial charge is 0.365 e. The Balaban J connectivity index is 2.58. The summed E-state index contributed by atoms with van der Waals surface area (Å²) in [5.74, 6) is -0.700. The molecule has 1 aromatic heterocycles. The molecule has 1 atom stereocenters. The number of carbonyl (C=O) groups excluding carboxylic acids is 1. The van der Waals surface area contributed by atoms with Gasteiger partial charge in [-0.15, -0.1) is 0 Å². The lowest BCUT2D eigenvalue weighted by Gasteiger charge is -2.18. The van der Waals surface area contributed by atoms with Crippen LogP contribution < -0.4 is 11.2 Å². The Hall–Kier alpha value is -2.58. The zero-order valence-corrected chi connectivity index (χ0v) is 12.1. The highest BCUT2D eigenvalue weighted by atomic mass is 35.5. The summed E-state index contributed by atoms with van der Waals surface area (Å²) in [4.78, 5) is 11.4. The molecule has 0 saturated carbocycles. The van der Waals surface area contributed by atoms with Crippen LogP contribution in [0.5, 0.6) is 0 Å². The van der Waals surface area contributed by atoms with Gasteiger partial charge in [0, 0.05) is 6.20 Å². The molecule has 106 valence electrons. The highest BCUT2D eigenvalue weighted by Crippen LogP contribution is 2.19. The number of carbonyl (C=O) groups is 1. The molecule has 3 N–H and O–H groups in total. The van der Waals surface area contributed by atoms with Crippen LogP contribution >= 0.6 is 11.6 Å². The number of primary amides is 1. The van der Waals surface area contributed by atoms with Gasteiger partial charge in [0.1, 0.15) is 5.49 Å². The fourth-order valence-electron chi connectivity index (χ4n) is 2.10. The molecular weight excluding hydrogens is 288 g/mol. The van der Waals surface area contributed by atoms with Crippen LogP contribution in [0.4, 0.5) is 0 Å². The average molecular weight is 301 g/mol. The summed E-state index contributed by atoms with van der Waals surface area (Å²) < 4.78 is 1.55. The van der Waals surface area contributed by atoms with Crippen molar-refractivity contribution in [3.8, 4) is 6.07 Å². The van der Waals surface area contributed by atoms with Crippen molar-refractivity contribution in [3.05, 3.63) is 63.7 Å². The van der Waals surface area contributed by atoms with Gasteiger partial charge in [0.2, 0.25) is 0 Å². The third kappa shape index (κ3) is 2.96. The SMILES string of the molecule is CC(c1cccc(C#N)c1)n1cc(Cl)cc(C(N)=O)c1=N. The van der Waals surface area contributed by atoms with Gasteiger partial charge in [-0.2, -0.15) is 5.26 Å². The molecule has 1 heterocycles. The quantitative estimate of drug-likeness (QED) is 0.909. The van der Waals surface area contributed by atoms with Crippen molar-refractivity contribution in [1.29, 1.82) is 10.7 Å². The summed E-state index contributed by atoms with van der Waals surface area (Å²) in [6.07, 6.45) is 1.57. The third-order valence-electron chi connectivity index (χ3n) is 3.24. The zero-order valence-electron chi connectivity index (χ0n) is 11.3. The number of hydrogen-bond donors (Lipinski definition) is 2. The van der Waals surface area contributed by atoms with E-state index in [4.69, 9.17) is 28.0 Å². The average Bonchev–Trinajstić information content (AvgIpc) is 2.48. The minimum absolute atomic E-state index is 0.0123. The van der Waals surface area contributed by atoms with Crippen molar-refractivity contribution in [2.45, 2.75) is 13.0 Å². The maximum absolute atomic E-state index is 11.4. The van der Waals surface area contributed by atoms with Gasteiger partial charge in [0.05, 0.1) is 28.3 Å². The fourth-order valence-corrected chi connectivity index (χ4v) is 2.32. The number of nitrogens with one attached hydrogen (secondary N) is 1. The van der Waals surface area contributed by atoms with Gasteiger partial charge in [0.25, 0.3) is 5.91 Å². The van der Waals surface area contributed by atoms with Gasteiger partial charge < -0.3 is 10.3 Å². The molecule has 1 amide bonds. The molecule has 0 radical (unpaired) electrons. The Labute approximate surface area is 126 Å². The summed E-state index contributed by atoms with van der Waals surface area (Å²) in [5.41, 5.74) is 6.68. The van der Waals surface area contributed by atoms with Crippen molar-refractivity contribution < 1.29 is 4.79 Å². The summed E-state index contributed by atoms with van der Waals surface area (Å²) in [5, 5.41) is 17.4. The number of rotatable bonds is 3. The Morgan fingerprint density at radius 3 is 2.81 bits per heavy atom. The van der Waals surface area contributed by atoms with Crippen LogP contribution in [0.3, 0.4) is 0 Å². The van der Waals surface area contributed by atoms with Gasteiger partial charge in [0.15, 0.2) is 0 Å². The van der Waals surface area contributed by atoms with Crippen molar-refractivity contribution in [2.75, 3.05) is 0 Å². The number of nitrogens with zero attached hydrogens (tertiary/aromatic N) is 2. The second-order valence-electron chi connectivity index (χ2n) is 4.61. The normalized spacial score (nSPS) is 11.7. The number of nitriles is 1. The Morgan fingerprint density at radius 2 is 2.19 bits per heavy atom. The first-order valence-electron chi connectivity index (χ1n) is 6.20. The van der Waals surface area contributed by atoms with E-state index in [2.05, 4.69) is 6.07 Å². The highest BCUT2D eigenvalue weighted by Gasteiger charge is 2.14. The van der Waals surface area contributed by atoms with Gasteiger partial charge in [-0.1, -0.05) is 23.7 Å². The number of nitrogens with two attached hydrogens (primary N) is 1. The lowest BCUT2D eigenvalue weighted by molar-refractivity contribution is 0.0997. The van der Waals surface area contributed by atoms with E-state index in [0.717, 1.165) is 5.56 Å². The molecule has 2 rings (SSSR count). The van der Waals surface area contributed by atoms with Crippen molar-refractivity contribution >= 4 is 17.5 Å². The van der Waals surface area contributed by atoms with E-state index in [1.54, 1.807) is 29.0 Å². The molecule has 0 fully saturated rings. The summed E-state index contributed by atoms with van der Waals surface area (Å²) in [7, 11) is 0. The van der Waals surface area contributed by atoms with Gasteiger partial charge in [-0.25, -0.2) is 0 Å². The molecule has 0 saturated heterocycles. The Bertz CT molecular complexity index is 804. The number of hydrogen-bond acceptors (Lipinski definition) is 3. The van der Waals surface area contributed by atoms with Crippen LogP contribution in [0.15, 0.2) is 36.5 Å². The molecule has 0 aliphatic rings. The molecular formula is C15H13ClN4O. The first-order chi connectivity index (χ1) is 9.93. The molecule has 2 aromatic rings. The Kier molecular flexibility index (Phi) is 4.10. The third-order valence-corrected chi connectivity index (χ3v) is 3.45. The Morgan fingerprint density at radius 1 is 1.48 bits per heavy atom. The maximum Gasteiger partial charge on any atom is 0.252 e. The number of pyridine rings is 1. The fraction of sp³-hybridized carbons (Fsp3) is 0.133. The predicted octanol–water partition coefficient (Wildman–Crippen LogP) is 2.20. The molecule has 1 aromatic carbocycles. The molecule has 0 aliphatic carbocycles. The van der Waals surface area contributed by atoms with E-state index < -0.39 is 5.91 Å². The number of amides is 1.